The predicted molar refractivity (Wildman–Crippen MR) is 133 cm³/mol. The van der Waals surface area contributed by atoms with Crippen LogP contribution in [0.5, 0.6) is 17.2 Å². The van der Waals surface area contributed by atoms with Crippen LogP contribution in [0.2, 0.25) is 5.02 Å². The van der Waals surface area contributed by atoms with Gasteiger partial charge >= 0.3 is 0 Å². The Morgan fingerprint density at radius 3 is 2.63 bits per heavy atom. The third-order valence-corrected chi connectivity index (χ3v) is 5.74. The molecule has 9 heteroatoms. The van der Waals surface area contributed by atoms with E-state index in [4.69, 9.17) is 21.1 Å². The quantitative estimate of drug-likeness (QED) is 0.344. The van der Waals surface area contributed by atoms with Gasteiger partial charge in [0, 0.05) is 22.8 Å². The lowest BCUT2D eigenvalue weighted by Gasteiger charge is -2.14. The number of nitrogens with one attached hydrogen (secondary N) is 1. The number of fused-ring (bicyclic) bond motifs is 1. The smallest absolute Gasteiger partial charge is 0.224 e. The van der Waals surface area contributed by atoms with Crippen molar-refractivity contribution in [2.24, 2.45) is 0 Å². The second-order valence-corrected chi connectivity index (χ2v) is 8.30. The highest BCUT2D eigenvalue weighted by molar-refractivity contribution is 6.31. The van der Waals surface area contributed by atoms with Crippen LogP contribution in [0, 0.1) is 25.2 Å². The van der Waals surface area contributed by atoms with Crippen LogP contribution in [0.25, 0.3) is 5.65 Å². The lowest BCUT2D eigenvalue weighted by atomic mass is 10.1. The number of hydrogen-bond acceptors (Lipinski definition) is 6. The number of nitrogens with zero attached hydrogens (tertiary/aromatic N) is 4. The molecule has 0 spiro atoms. The van der Waals surface area contributed by atoms with E-state index >= 15 is 0 Å². The maximum atomic E-state index is 12.8. The number of rotatable bonds is 8. The van der Waals surface area contributed by atoms with Crippen molar-refractivity contribution in [3.05, 3.63) is 76.2 Å². The summed E-state index contributed by atoms with van der Waals surface area (Å²) in [6.45, 7) is 6.28. The molecule has 35 heavy (non-hydrogen) atoms. The van der Waals surface area contributed by atoms with Gasteiger partial charge < -0.3 is 14.8 Å². The number of aryl methyl sites for hydroxylation is 2. The van der Waals surface area contributed by atoms with Crippen molar-refractivity contribution in [2.75, 3.05) is 11.9 Å². The maximum absolute atomic E-state index is 12.8. The molecule has 4 rings (SSSR count). The standard InChI is InChI=1S/C26H24ClN5O3/c1-4-34-20-6-8-21(9-7-20)35-24-11-5-19(27)13-23(24)31-25(33)12-10-22-16(2)30-26-18(14-28)15-29-32(26)17(22)3/h5-9,11,13,15H,4,10,12H2,1-3H3,(H,31,33). The number of anilines is 1. The minimum absolute atomic E-state index is 0.194. The van der Waals surface area contributed by atoms with Crippen molar-refractivity contribution in [1.82, 2.24) is 14.6 Å². The van der Waals surface area contributed by atoms with Crippen LogP contribution in [-0.2, 0) is 11.2 Å². The van der Waals surface area contributed by atoms with Gasteiger partial charge in [0.15, 0.2) is 11.4 Å². The van der Waals surface area contributed by atoms with Gasteiger partial charge in [-0.25, -0.2) is 9.50 Å². The zero-order valence-corrected chi connectivity index (χ0v) is 20.4. The molecule has 0 aliphatic heterocycles. The van der Waals surface area contributed by atoms with Crippen molar-refractivity contribution in [3.63, 3.8) is 0 Å². The second-order valence-electron chi connectivity index (χ2n) is 7.86. The third-order valence-electron chi connectivity index (χ3n) is 5.51. The topological polar surface area (TPSA) is 102 Å². The molecule has 1 amide bonds. The van der Waals surface area contributed by atoms with Crippen molar-refractivity contribution >= 4 is 28.8 Å². The van der Waals surface area contributed by atoms with Crippen LogP contribution in [0.3, 0.4) is 0 Å². The molecule has 0 bridgehead atoms. The number of benzene rings is 2. The Kier molecular flexibility index (Phi) is 7.18. The van der Waals surface area contributed by atoms with E-state index in [1.165, 1.54) is 6.20 Å². The first-order valence-corrected chi connectivity index (χ1v) is 11.5. The van der Waals surface area contributed by atoms with Crippen LogP contribution >= 0.6 is 11.6 Å². The fourth-order valence-electron chi connectivity index (χ4n) is 3.79. The number of ether oxygens (including phenoxy) is 2. The number of nitriles is 1. The second kappa shape index (κ2) is 10.5. The molecule has 0 saturated carbocycles. The summed E-state index contributed by atoms with van der Waals surface area (Å²) in [5, 5.41) is 16.9. The molecular formula is C26H24ClN5O3. The number of carbonyl (C=O) groups excluding carboxylic acids is 1. The van der Waals surface area contributed by atoms with Crippen LogP contribution < -0.4 is 14.8 Å². The van der Waals surface area contributed by atoms with Gasteiger partial charge in [-0.1, -0.05) is 11.6 Å². The van der Waals surface area contributed by atoms with Crippen molar-refractivity contribution in [2.45, 2.75) is 33.6 Å². The maximum Gasteiger partial charge on any atom is 0.224 e. The van der Waals surface area contributed by atoms with E-state index in [0.29, 0.717) is 46.4 Å². The van der Waals surface area contributed by atoms with Crippen LogP contribution in [0.4, 0.5) is 5.69 Å². The summed E-state index contributed by atoms with van der Waals surface area (Å²) in [6.07, 6.45) is 2.18. The van der Waals surface area contributed by atoms with E-state index in [2.05, 4.69) is 21.5 Å². The van der Waals surface area contributed by atoms with Gasteiger partial charge in [0.1, 0.15) is 23.1 Å². The molecule has 2 heterocycles. The van der Waals surface area contributed by atoms with E-state index in [9.17, 15) is 10.1 Å². The SMILES string of the molecule is CCOc1ccc(Oc2ccc(Cl)cc2NC(=O)CCc2c(C)nc3c(C#N)cnn3c2C)cc1. The summed E-state index contributed by atoms with van der Waals surface area (Å²) < 4.78 is 13.1. The fourth-order valence-corrected chi connectivity index (χ4v) is 3.96. The molecule has 178 valence electrons. The summed E-state index contributed by atoms with van der Waals surface area (Å²) in [4.78, 5) is 17.4. The van der Waals surface area contributed by atoms with E-state index in [-0.39, 0.29) is 12.3 Å². The van der Waals surface area contributed by atoms with E-state index in [1.807, 2.05) is 32.9 Å². The molecule has 0 radical (unpaired) electrons. The number of halogens is 1. The zero-order valence-electron chi connectivity index (χ0n) is 19.6. The van der Waals surface area contributed by atoms with Gasteiger partial charge in [0.2, 0.25) is 5.91 Å². The first-order chi connectivity index (χ1) is 16.9. The molecule has 1 N–H and O–H groups in total. The molecule has 0 fully saturated rings. The zero-order chi connectivity index (χ0) is 24.9. The molecule has 4 aromatic rings. The predicted octanol–water partition coefficient (Wildman–Crippen LogP) is 5.63. The number of carbonyl (C=O) groups is 1. The van der Waals surface area contributed by atoms with Crippen LogP contribution in [0.1, 0.15) is 35.9 Å². The minimum atomic E-state index is -0.194. The lowest BCUT2D eigenvalue weighted by Crippen LogP contribution is -2.15. The average molecular weight is 490 g/mol. The Hall–Kier alpha value is -4.09. The summed E-state index contributed by atoms with van der Waals surface area (Å²) in [7, 11) is 0. The highest BCUT2D eigenvalue weighted by Gasteiger charge is 2.16. The third kappa shape index (κ3) is 5.36. The Morgan fingerprint density at radius 2 is 1.91 bits per heavy atom. The van der Waals surface area contributed by atoms with Crippen molar-refractivity contribution in [1.29, 1.82) is 5.26 Å². The van der Waals surface area contributed by atoms with Crippen molar-refractivity contribution < 1.29 is 14.3 Å². The summed E-state index contributed by atoms with van der Waals surface area (Å²) in [5.74, 6) is 1.64. The van der Waals surface area contributed by atoms with Crippen LogP contribution in [-0.4, -0.2) is 27.1 Å². The molecule has 0 saturated heterocycles. The molecule has 0 aliphatic rings. The fraction of sp³-hybridized carbons (Fsp3) is 0.231. The minimum Gasteiger partial charge on any atom is -0.494 e. The van der Waals surface area contributed by atoms with Crippen LogP contribution in [0.15, 0.2) is 48.7 Å². The number of amides is 1. The lowest BCUT2D eigenvalue weighted by molar-refractivity contribution is -0.116. The molecule has 2 aromatic carbocycles. The highest BCUT2D eigenvalue weighted by Crippen LogP contribution is 2.33. The number of aromatic nitrogens is 3. The van der Waals surface area contributed by atoms with Gasteiger partial charge in [0.05, 0.1) is 18.5 Å². The summed E-state index contributed by atoms with van der Waals surface area (Å²) in [6, 6.07) is 14.4. The molecule has 2 aromatic heterocycles. The molecule has 0 aliphatic carbocycles. The Labute approximate surface area is 208 Å². The summed E-state index contributed by atoms with van der Waals surface area (Å²) in [5.41, 5.74) is 3.94. The molecular weight excluding hydrogens is 466 g/mol. The largest absolute Gasteiger partial charge is 0.494 e. The average Bonchev–Trinajstić information content (AvgIpc) is 3.25. The first-order valence-electron chi connectivity index (χ1n) is 11.1. The van der Waals surface area contributed by atoms with Gasteiger partial charge in [-0.2, -0.15) is 10.4 Å². The number of hydrogen-bond donors (Lipinski definition) is 1. The molecule has 0 unspecified atom stereocenters. The highest BCUT2D eigenvalue weighted by atomic mass is 35.5. The first kappa shape index (κ1) is 24.0. The Bertz CT molecular complexity index is 1420. The van der Waals surface area contributed by atoms with E-state index in [0.717, 1.165) is 22.7 Å². The Morgan fingerprint density at radius 1 is 1.17 bits per heavy atom. The van der Waals surface area contributed by atoms with E-state index in [1.54, 1.807) is 34.8 Å². The van der Waals surface area contributed by atoms with Gasteiger partial charge in [0.25, 0.3) is 0 Å². The van der Waals surface area contributed by atoms with Gasteiger partial charge in [-0.05, 0) is 75.2 Å². The van der Waals surface area contributed by atoms with Gasteiger partial charge in [-0.15, -0.1) is 0 Å². The summed E-state index contributed by atoms with van der Waals surface area (Å²) >= 11 is 6.18. The van der Waals surface area contributed by atoms with Gasteiger partial charge in [-0.3, -0.25) is 4.79 Å². The van der Waals surface area contributed by atoms with Crippen molar-refractivity contribution in [3.8, 4) is 23.3 Å². The molecule has 0 atom stereocenters. The monoisotopic (exact) mass is 489 g/mol. The Balaban J connectivity index is 1.48. The molecule has 8 nitrogen and oxygen atoms in total. The van der Waals surface area contributed by atoms with E-state index < -0.39 is 0 Å². The normalized spacial score (nSPS) is 10.7.